The van der Waals surface area contributed by atoms with E-state index in [1.54, 1.807) is 48.6 Å². The van der Waals surface area contributed by atoms with Crippen molar-refractivity contribution in [1.82, 2.24) is 10.1 Å². The number of aromatic nitrogens is 2. The number of anilines is 2. The van der Waals surface area contributed by atoms with E-state index in [0.717, 1.165) is 15.3 Å². The fourth-order valence-corrected chi connectivity index (χ4v) is 4.43. The maximum Gasteiger partial charge on any atom is 0.259 e. The zero-order valence-corrected chi connectivity index (χ0v) is 18.9. The van der Waals surface area contributed by atoms with Gasteiger partial charge >= 0.3 is 0 Å². The molecule has 3 aromatic heterocycles. The summed E-state index contributed by atoms with van der Waals surface area (Å²) in [5.41, 5.74) is 4.02. The number of ether oxygens (including phenoxy) is 1. The molecular weight excluding hydrogens is 428 g/mol. The number of hydrogen-bond acceptors (Lipinski definition) is 7. The van der Waals surface area contributed by atoms with Gasteiger partial charge in [-0.3, -0.25) is 9.59 Å². The van der Waals surface area contributed by atoms with E-state index >= 15 is 0 Å². The fraction of sp³-hybridized carbons (Fsp3) is 0.217. The number of methoxy groups -OCH3 is 1. The van der Waals surface area contributed by atoms with E-state index in [2.05, 4.69) is 20.8 Å². The molecule has 0 aliphatic carbocycles. The predicted molar refractivity (Wildman–Crippen MR) is 124 cm³/mol. The van der Waals surface area contributed by atoms with Crippen LogP contribution in [0.4, 0.5) is 11.4 Å². The van der Waals surface area contributed by atoms with E-state index in [1.165, 1.54) is 7.11 Å². The molecule has 9 heteroatoms. The third-order valence-corrected chi connectivity index (χ3v) is 5.82. The second-order valence-electron chi connectivity index (χ2n) is 7.35. The number of amides is 2. The van der Waals surface area contributed by atoms with Gasteiger partial charge in [0.1, 0.15) is 6.61 Å². The first-order chi connectivity index (χ1) is 15.4. The lowest BCUT2D eigenvalue weighted by molar-refractivity contribution is -0.119. The Kier molecular flexibility index (Phi) is 6.02. The number of nitrogens with zero attached hydrogens (tertiary/aromatic N) is 2. The molecule has 4 aromatic rings. The highest BCUT2D eigenvalue weighted by Gasteiger charge is 2.21. The highest BCUT2D eigenvalue weighted by Crippen LogP contribution is 2.33. The molecule has 3 heterocycles. The van der Waals surface area contributed by atoms with Gasteiger partial charge in [-0.25, -0.2) is 4.98 Å². The van der Waals surface area contributed by atoms with Crippen molar-refractivity contribution in [2.24, 2.45) is 0 Å². The van der Waals surface area contributed by atoms with Gasteiger partial charge in [0.2, 0.25) is 5.91 Å². The largest absolute Gasteiger partial charge is 0.375 e. The Hall–Kier alpha value is -3.56. The van der Waals surface area contributed by atoms with E-state index in [0.29, 0.717) is 39.4 Å². The van der Waals surface area contributed by atoms with Crippen LogP contribution in [0.2, 0.25) is 0 Å². The van der Waals surface area contributed by atoms with Crippen LogP contribution >= 0.6 is 11.3 Å². The average Bonchev–Trinajstić information content (AvgIpc) is 3.29. The van der Waals surface area contributed by atoms with Gasteiger partial charge in [-0.2, -0.15) is 0 Å². The van der Waals surface area contributed by atoms with Gasteiger partial charge in [0.15, 0.2) is 0 Å². The zero-order valence-electron chi connectivity index (χ0n) is 18.1. The van der Waals surface area contributed by atoms with Crippen molar-refractivity contribution in [3.8, 4) is 11.3 Å². The zero-order chi connectivity index (χ0) is 22.8. The van der Waals surface area contributed by atoms with Gasteiger partial charge in [0, 0.05) is 33.8 Å². The monoisotopic (exact) mass is 450 g/mol. The van der Waals surface area contributed by atoms with E-state index in [-0.39, 0.29) is 18.4 Å². The average molecular weight is 451 g/mol. The number of nitrogens with one attached hydrogen (secondary N) is 2. The molecule has 0 unspecified atom stereocenters. The quantitative estimate of drug-likeness (QED) is 0.440. The van der Waals surface area contributed by atoms with Gasteiger partial charge < -0.3 is 19.9 Å². The second kappa shape index (κ2) is 8.89. The lowest BCUT2D eigenvalue weighted by Gasteiger charge is -2.10. The van der Waals surface area contributed by atoms with Crippen molar-refractivity contribution in [2.45, 2.75) is 20.8 Å². The molecule has 1 aromatic carbocycles. The van der Waals surface area contributed by atoms with E-state index in [1.807, 2.05) is 19.9 Å². The summed E-state index contributed by atoms with van der Waals surface area (Å²) >= 11 is 1.67. The van der Waals surface area contributed by atoms with Gasteiger partial charge in [0.25, 0.3) is 11.6 Å². The van der Waals surface area contributed by atoms with Crippen LogP contribution < -0.4 is 10.6 Å². The molecule has 0 atom stereocenters. The van der Waals surface area contributed by atoms with Crippen LogP contribution in [0.3, 0.4) is 0 Å². The van der Waals surface area contributed by atoms with Crippen LogP contribution in [-0.2, 0) is 9.53 Å². The van der Waals surface area contributed by atoms with Gasteiger partial charge in [-0.1, -0.05) is 11.2 Å². The summed E-state index contributed by atoms with van der Waals surface area (Å²) in [6.45, 7) is 5.77. The van der Waals surface area contributed by atoms with Crippen LogP contribution in [0, 0.1) is 20.8 Å². The number of hydrogen-bond donors (Lipinski definition) is 2. The third kappa shape index (κ3) is 4.39. The van der Waals surface area contributed by atoms with Crippen molar-refractivity contribution >= 4 is 45.6 Å². The van der Waals surface area contributed by atoms with Crippen molar-refractivity contribution in [3.63, 3.8) is 0 Å². The molecule has 8 nitrogen and oxygen atoms in total. The van der Waals surface area contributed by atoms with Crippen LogP contribution in [0.1, 0.15) is 25.8 Å². The van der Waals surface area contributed by atoms with Crippen molar-refractivity contribution in [2.75, 3.05) is 24.4 Å². The highest BCUT2D eigenvalue weighted by atomic mass is 32.1. The van der Waals surface area contributed by atoms with Gasteiger partial charge in [-0.15, -0.1) is 11.3 Å². The molecule has 4 rings (SSSR count). The summed E-state index contributed by atoms with van der Waals surface area (Å²) in [6, 6.07) is 10.7. The Bertz CT molecular complexity index is 1330. The molecule has 2 amide bonds. The van der Waals surface area contributed by atoms with Crippen molar-refractivity contribution in [3.05, 3.63) is 57.4 Å². The summed E-state index contributed by atoms with van der Waals surface area (Å²) < 4.78 is 10.2. The first-order valence-corrected chi connectivity index (χ1v) is 10.7. The summed E-state index contributed by atoms with van der Waals surface area (Å²) in [4.78, 5) is 31.9. The summed E-state index contributed by atoms with van der Waals surface area (Å²) in [7, 11) is 1.45. The topological polar surface area (TPSA) is 106 Å². The molecule has 32 heavy (non-hydrogen) atoms. The summed E-state index contributed by atoms with van der Waals surface area (Å²) in [5, 5.41) is 10.2. The lowest BCUT2D eigenvalue weighted by Crippen LogP contribution is -2.17. The molecule has 0 bridgehead atoms. The van der Waals surface area contributed by atoms with Gasteiger partial charge in [0.05, 0.1) is 22.3 Å². The minimum Gasteiger partial charge on any atom is -0.375 e. The fourth-order valence-electron chi connectivity index (χ4n) is 3.50. The minimum absolute atomic E-state index is 0.0530. The maximum atomic E-state index is 13.3. The normalized spacial score (nSPS) is 11.0. The Morgan fingerprint density at radius 1 is 1.09 bits per heavy atom. The smallest absolute Gasteiger partial charge is 0.259 e. The van der Waals surface area contributed by atoms with Crippen LogP contribution in [0.15, 0.2) is 40.9 Å². The van der Waals surface area contributed by atoms with Crippen LogP contribution in [0.25, 0.3) is 22.4 Å². The highest BCUT2D eigenvalue weighted by molar-refractivity contribution is 7.12. The van der Waals surface area contributed by atoms with Crippen molar-refractivity contribution in [1.29, 1.82) is 0 Å². The van der Waals surface area contributed by atoms with Gasteiger partial charge in [-0.05, 0) is 51.1 Å². The third-order valence-electron chi connectivity index (χ3n) is 4.86. The minimum atomic E-state index is -0.324. The summed E-state index contributed by atoms with van der Waals surface area (Å²) in [5.74, 6) is -0.604. The first kappa shape index (κ1) is 21.7. The first-order valence-electron chi connectivity index (χ1n) is 9.90. The van der Waals surface area contributed by atoms with Crippen LogP contribution in [0.5, 0.6) is 0 Å². The maximum absolute atomic E-state index is 13.3. The molecule has 164 valence electrons. The predicted octanol–water partition coefficient (Wildman–Crippen LogP) is 4.71. The number of thiophene rings is 1. The van der Waals surface area contributed by atoms with E-state index in [9.17, 15) is 9.59 Å². The number of carbonyl (C=O) groups is 2. The Morgan fingerprint density at radius 3 is 2.53 bits per heavy atom. The summed E-state index contributed by atoms with van der Waals surface area (Å²) in [6.07, 6.45) is 0. The van der Waals surface area contributed by atoms with E-state index < -0.39 is 0 Å². The number of aryl methyl sites for hydroxylation is 3. The molecule has 0 saturated carbocycles. The SMILES string of the molecule is COCC(=O)Nc1cccc(NC(=O)c2cc(-c3cc(C)sc3C)nc3onc(C)c23)c1. The molecule has 0 spiro atoms. The Balaban J connectivity index is 1.69. The molecular formula is C23H22N4O4S. The molecule has 0 fully saturated rings. The number of carbonyl (C=O) groups excluding carboxylic acids is 2. The molecule has 0 aliphatic rings. The standard InChI is InChI=1S/C23H22N4O4S/c1-12-8-17(14(3)32-12)19-10-18(21-13(2)27-31-23(21)26-19)22(29)25-16-7-5-6-15(9-16)24-20(28)11-30-4/h5-10H,11H2,1-4H3,(H,24,28)(H,25,29). The number of benzene rings is 1. The molecule has 0 aliphatic heterocycles. The molecule has 0 radical (unpaired) electrons. The number of fused-ring (bicyclic) bond motifs is 1. The lowest BCUT2D eigenvalue weighted by atomic mass is 10.1. The number of pyridine rings is 1. The van der Waals surface area contributed by atoms with Crippen LogP contribution in [-0.4, -0.2) is 35.7 Å². The Labute approximate surface area is 188 Å². The van der Waals surface area contributed by atoms with E-state index in [4.69, 9.17) is 9.26 Å². The second-order valence-corrected chi connectivity index (χ2v) is 8.81. The molecule has 2 N–H and O–H groups in total. The number of rotatable bonds is 6. The van der Waals surface area contributed by atoms with Crippen molar-refractivity contribution < 1.29 is 18.8 Å². The Morgan fingerprint density at radius 2 is 1.84 bits per heavy atom. The molecule has 0 saturated heterocycles.